The lowest BCUT2D eigenvalue weighted by atomic mass is 10.4. The lowest BCUT2D eigenvalue weighted by Gasteiger charge is -2.02. The highest BCUT2D eigenvalue weighted by Crippen LogP contribution is 2.26. The van der Waals surface area contributed by atoms with Crippen LogP contribution in [0.2, 0.25) is 0 Å². The van der Waals surface area contributed by atoms with Crippen molar-refractivity contribution in [3.8, 4) is 0 Å². The standard InChI is InChI=1S/C12H16BrN3O4S/c1-3-14-6-9-5-11(12(13)19-9)21(17,18)15-7-10-4-8(2)16-20-10/h4-5,14-15H,3,6-7H2,1-2H3. The monoisotopic (exact) mass is 377 g/mol. The zero-order valence-corrected chi connectivity index (χ0v) is 14.0. The van der Waals surface area contributed by atoms with E-state index in [2.05, 4.69) is 31.1 Å². The first kappa shape index (κ1) is 16.2. The fourth-order valence-corrected chi connectivity index (χ4v) is 3.65. The van der Waals surface area contributed by atoms with Crippen LogP contribution in [0.15, 0.2) is 30.6 Å². The third-order valence-electron chi connectivity index (χ3n) is 2.66. The Morgan fingerprint density at radius 1 is 1.29 bits per heavy atom. The molecule has 2 N–H and O–H groups in total. The average molecular weight is 378 g/mol. The van der Waals surface area contributed by atoms with Crippen LogP contribution in [0, 0.1) is 6.92 Å². The van der Waals surface area contributed by atoms with Crippen LogP contribution >= 0.6 is 15.9 Å². The van der Waals surface area contributed by atoms with Gasteiger partial charge in [-0.2, -0.15) is 0 Å². The zero-order valence-electron chi connectivity index (χ0n) is 11.6. The first-order valence-corrected chi connectivity index (χ1v) is 8.60. The highest BCUT2D eigenvalue weighted by Gasteiger charge is 2.22. The first-order valence-electron chi connectivity index (χ1n) is 6.33. The number of furan rings is 1. The Kier molecular flexibility index (Phi) is 5.20. The Labute approximate surface area is 131 Å². The van der Waals surface area contributed by atoms with E-state index in [0.717, 1.165) is 6.54 Å². The Morgan fingerprint density at radius 2 is 2.05 bits per heavy atom. The van der Waals surface area contributed by atoms with Crippen LogP contribution in [0.5, 0.6) is 0 Å². The van der Waals surface area contributed by atoms with Crippen LogP contribution in [0.25, 0.3) is 0 Å². The molecule has 0 aliphatic rings. The molecule has 116 valence electrons. The van der Waals surface area contributed by atoms with Crippen LogP contribution in [0.4, 0.5) is 0 Å². The van der Waals surface area contributed by atoms with Crippen LogP contribution in [0.3, 0.4) is 0 Å². The number of nitrogens with zero attached hydrogens (tertiary/aromatic N) is 1. The van der Waals surface area contributed by atoms with E-state index in [0.29, 0.717) is 23.8 Å². The summed E-state index contributed by atoms with van der Waals surface area (Å²) >= 11 is 3.13. The minimum atomic E-state index is -3.69. The largest absolute Gasteiger partial charge is 0.452 e. The van der Waals surface area contributed by atoms with Crippen molar-refractivity contribution in [2.75, 3.05) is 6.54 Å². The number of rotatable bonds is 7. The van der Waals surface area contributed by atoms with Crippen molar-refractivity contribution in [1.82, 2.24) is 15.2 Å². The second-order valence-electron chi connectivity index (χ2n) is 4.39. The highest BCUT2D eigenvalue weighted by molar-refractivity contribution is 9.10. The molecule has 0 aliphatic carbocycles. The van der Waals surface area contributed by atoms with Crippen LogP contribution < -0.4 is 10.0 Å². The summed E-state index contributed by atoms with van der Waals surface area (Å²) in [5.74, 6) is 0.989. The Morgan fingerprint density at radius 3 is 2.67 bits per heavy atom. The van der Waals surface area contributed by atoms with Crippen molar-refractivity contribution in [2.45, 2.75) is 31.8 Å². The molecule has 0 spiro atoms. The molecule has 0 amide bonds. The molecule has 0 fully saturated rings. The summed E-state index contributed by atoms with van der Waals surface area (Å²) in [4.78, 5) is 0.0617. The smallest absolute Gasteiger partial charge is 0.245 e. The molecular weight excluding hydrogens is 362 g/mol. The summed E-state index contributed by atoms with van der Waals surface area (Å²) < 4.78 is 37.4. The van der Waals surface area contributed by atoms with E-state index in [1.807, 2.05) is 6.92 Å². The summed E-state index contributed by atoms with van der Waals surface area (Å²) in [6, 6.07) is 3.16. The van der Waals surface area contributed by atoms with Gasteiger partial charge in [0.15, 0.2) is 10.4 Å². The van der Waals surface area contributed by atoms with Gasteiger partial charge in [0.2, 0.25) is 10.0 Å². The lowest BCUT2D eigenvalue weighted by molar-refractivity contribution is 0.377. The number of hydrogen-bond donors (Lipinski definition) is 2. The van der Waals surface area contributed by atoms with Gasteiger partial charge in [-0.3, -0.25) is 0 Å². The summed E-state index contributed by atoms with van der Waals surface area (Å²) in [6.45, 7) is 4.98. The predicted octanol–water partition coefficient (Wildman–Crippen LogP) is 1.93. The number of sulfonamides is 1. The van der Waals surface area contributed by atoms with Crippen LogP contribution in [-0.2, 0) is 23.1 Å². The van der Waals surface area contributed by atoms with Crippen molar-refractivity contribution < 1.29 is 17.4 Å². The van der Waals surface area contributed by atoms with E-state index < -0.39 is 10.0 Å². The molecule has 0 atom stereocenters. The van der Waals surface area contributed by atoms with E-state index in [-0.39, 0.29) is 16.1 Å². The molecule has 2 heterocycles. The molecule has 9 heteroatoms. The Bertz CT molecular complexity index is 708. The average Bonchev–Trinajstić information content (AvgIpc) is 3.00. The quantitative estimate of drug-likeness (QED) is 0.764. The van der Waals surface area contributed by atoms with Gasteiger partial charge in [-0.15, -0.1) is 0 Å². The molecule has 2 rings (SSSR count). The molecule has 2 aromatic rings. The number of aryl methyl sites for hydroxylation is 1. The van der Waals surface area contributed by atoms with Gasteiger partial charge in [0, 0.05) is 12.1 Å². The molecule has 21 heavy (non-hydrogen) atoms. The number of aromatic nitrogens is 1. The SMILES string of the molecule is CCNCc1cc(S(=O)(=O)NCc2cc(C)no2)c(Br)o1. The second-order valence-corrected chi connectivity index (χ2v) is 6.85. The van der Waals surface area contributed by atoms with Gasteiger partial charge in [0.25, 0.3) is 0 Å². The van der Waals surface area contributed by atoms with Gasteiger partial charge in [-0.25, -0.2) is 13.1 Å². The maximum Gasteiger partial charge on any atom is 0.245 e. The van der Waals surface area contributed by atoms with Crippen LogP contribution in [0.1, 0.15) is 24.1 Å². The Balaban J connectivity index is 2.09. The maximum atomic E-state index is 12.2. The summed E-state index contributed by atoms with van der Waals surface area (Å²) in [6.07, 6.45) is 0. The Hall–Kier alpha value is -1.16. The summed E-state index contributed by atoms with van der Waals surface area (Å²) in [5.41, 5.74) is 0.696. The topological polar surface area (TPSA) is 97.4 Å². The number of nitrogens with one attached hydrogen (secondary N) is 2. The van der Waals surface area contributed by atoms with Gasteiger partial charge in [0.1, 0.15) is 10.7 Å². The lowest BCUT2D eigenvalue weighted by Crippen LogP contribution is -2.23. The third-order valence-corrected chi connectivity index (χ3v) is 4.92. The molecule has 7 nitrogen and oxygen atoms in total. The van der Waals surface area contributed by atoms with E-state index in [4.69, 9.17) is 8.94 Å². The normalized spacial score (nSPS) is 12.0. The zero-order chi connectivity index (χ0) is 15.5. The van der Waals surface area contributed by atoms with Gasteiger partial charge in [0.05, 0.1) is 18.8 Å². The molecule has 0 saturated carbocycles. The van der Waals surface area contributed by atoms with E-state index >= 15 is 0 Å². The summed E-state index contributed by atoms with van der Waals surface area (Å²) in [5, 5.41) is 6.76. The van der Waals surface area contributed by atoms with E-state index in [1.54, 1.807) is 13.0 Å². The predicted molar refractivity (Wildman–Crippen MR) is 79.1 cm³/mol. The fourth-order valence-electron chi connectivity index (χ4n) is 1.66. The molecule has 2 aromatic heterocycles. The second kappa shape index (κ2) is 6.73. The third kappa shape index (κ3) is 4.16. The molecule has 0 aromatic carbocycles. The van der Waals surface area contributed by atoms with Gasteiger partial charge >= 0.3 is 0 Å². The minimum Gasteiger partial charge on any atom is -0.452 e. The number of halogens is 1. The van der Waals surface area contributed by atoms with Gasteiger partial charge in [-0.05, 0) is 29.4 Å². The highest BCUT2D eigenvalue weighted by atomic mass is 79.9. The minimum absolute atomic E-state index is 0.0311. The molecule has 0 aliphatic heterocycles. The fraction of sp³-hybridized carbons (Fsp3) is 0.417. The van der Waals surface area contributed by atoms with Crippen molar-refractivity contribution in [3.63, 3.8) is 0 Å². The number of hydrogen-bond acceptors (Lipinski definition) is 6. The molecular formula is C12H16BrN3O4S. The molecule has 0 radical (unpaired) electrons. The van der Waals surface area contributed by atoms with Gasteiger partial charge in [-0.1, -0.05) is 12.1 Å². The van der Waals surface area contributed by atoms with Crippen molar-refractivity contribution in [2.24, 2.45) is 0 Å². The molecule has 0 bridgehead atoms. The maximum absolute atomic E-state index is 12.2. The van der Waals surface area contributed by atoms with Crippen molar-refractivity contribution in [3.05, 3.63) is 34.0 Å². The van der Waals surface area contributed by atoms with Crippen molar-refractivity contribution >= 4 is 26.0 Å². The van der Waals surface area contributed by atoms with Crippen LogP contribution in [-0.4, -0.2) is 20.1 Å². The van der Waals surface area contributed by atoms with E-state index in [9.17, 15) is 8.42 Å². The molecule has 0 saturated heterocycles. The summed E-state index contributed by atoms with van der Waals surface area (Å²) in [7, 11) is -3.69. The van der Waals surface area contributed by atoms with E-state index in [1.165, 1.54) is 6.07 Å². The van der Waals surface area contributed by atoms with Gasteiger partial charge < -0.3 is 14.3 Å². The van der Waals surface area contributed by atoms with Crippen molar-refractivity contribution in [1.29, 1.82) is 0 Å². The molecule has 0 unspecified atom stereocenters. The first-order chi connectivity index (χ1) is 9.92.